The third-order valence-electron chi connectivity index (χ3n) is 4.96. The predicted octanol–water partition coefficient (Wildman–Crippen LogP) is 5.28. The van der Waals surface area contributed by atoms with Gasteiger partial charge in [0, 0.05) is 6.07 Å². The number of carbonyl (C=O) groups is 1. The smallest absolute Gasteiger partial charge is 0.271 e. The Kier molecular flexibility index (Phi) is 5.56. The molecule has 6 nitrogen and oxygen atoms in total. The molecule has 32 heavy (non-hydrogen) atoms. The highest BCUT2D eigenvalue weighted by molar-refractivity contribution is 8.19. The molecule has 5 rings (SSSR count). The van der Waals surface area contributed by atoms with Gasteiger partial charge < -0.3 is 14.2 Å². The lowest BCUT2D eigenvalue weighted by Gasteiger charge is -2.18. The Bertz CT molecular complexity index is 1220. The molecule has 2 heterocycles. The van der Waals surface area contributed by atoms with Crippen LogP contribution in [0.25, 0.3) is 6.08 Å². The molecule has 0 N–H and O–H groups in total. The van der Waals surface area contributed by atoms with Crippen LogP contribution in [0.15, 0.2) is 82.7 Å². The van der Waals surface area contributed by atoms with Crippen molar-refractivity contribution >= 4 is 40.3 Å². The first kappa shape index (κ1) is 20.2. The highest BCUT2D eigenvalue weighted by atomic mass is 32.2. The van der Waals surface area contributed by atoms with Crippen LogP contribution < -0.4 is 19.1 Å². The number of benzene rings is 3. The summed E-state index contributed by atoms with van der Waals surface area (Å²) < 4.78 is 16.6. The van der Waals surface area contributed by atoms with Gasteiger partial charge in [0.2, 0.25) is 0 Å². The van der Waals surface area contributed by atoms with Gasteiger partial charge >= 0.3 is 0 Å². The predicted molar refractivity (Wildman–Crippen MR) is 127 cm³/mol. The highest BCUT2D eigenvalue weighted by Gasteiger charge is 2.34. The van der Waals surface area contributed by atoms with E-state index in [0.29, 0.717) is 40.5 Å². The molecule has 3 aromatic rings. The molecule has 0 saturated carbocycles. The summed E-state index contributed by atoms with van der Waals surface area (Å²) in [6, 6.07) is 22.6. The van der Waals surface area contributed by atoms with Crippen LogP contribution in [0.5, 0.6) is 17.2 Å². The molecule has 0 aliphatic carbocycles. The van der Waals surface area contributed by atoms with Gasteiger partial charge in [-0.2, -0.15) is 0 Å². The van der Waals surface area contributed by atoms with Crippen LogP contribution in [0.2, 0.25) is 0 Å². The monoisotopic (exact) mass is 444 g/mol. The fourth-order valence-electron chi connectivity index (χ4n) is 3.45. The normalized spacial score (nSPS) is 17.8. The largest absolute Gasteiger partial charge is 0.497 e. The van der Waals surface area contributed by atoms with E-state index in [-0.39, 0.29) is 5.91 Å². The lowest BCUT2D eigenvalue weighted by Crippen LogP contribution is -2.28. The molecule has 2 aliphatic rings. The molecule has 0 radical (unpaired) electrons. The number of aliphatic imine (C=N–C) groups is 1. The zero-order chi connectivity index (χ0) is 21.9. The van der Waals surface area contributed by atoms with Crippen molar-refractivity contribution in [2.75, 3.05) is 25.2 Å². The van der Waals surface area contributed by atoms with Crippen LogP contribution in [0, 0.1) is 0 Å². The zero-order valence-electron chi connectivity index (χ0n) is 17.4. The van der Waals surface area contributed by atoms with Gasteiger partial charge in [-0.05, 0) is 59.8 Å². The van der Waals surface area contributed by atoms with Crippen molar-refractivity contribution in [1.82, 2.24) is 0 Å². The van der Waals surface area contributed by atoms with Gasteiger partial charge in [-0.1, -0.05) is 30.3 Å². The van der Waals surface area contributed by atoms with E-state index in [4.69, 9.17) is 19.2 Å². The van der Waals surface area contributed by atoms with E-state index in [1.165, 1.54) is 11.8 Å². The Morgan fingerprint density at radius 1 is 0.969 bits per heavy atom. The van der Waals surface area contributed by atoms with Crippen LogP contribution in [0.3, 0.4) is 0 Å². The molecule has 1 amide bonds. The molecule has 2 aliphatic heterocycles. The summed E-state index contributed by atoms with van der Waals surface area (Å²) in [5.41, 5.74) is 2.33. The number of fused-ring (bicyclic) bond motifs is 1. The molecule has 7 heteroatoms. The fourth-order valence-corrected chi connectivity index (χ4v) is 4.45. The first-order chi connectivity index (χ1) is 15.7. The summed E-state index contributed by atoms with van der Waals surface area (Å²) in [4.78, 5) is 20.4. The maximum atomic E-state index is 13.4. The van der Waals surface area contributed by atoms with Crippen molar-refractivity contribution < 1.29 is 19.0 Å². The van der Waals surface area contributed by atoms with Crippen LogP contribution in [0.1, 0.15) is 5.56 Å². The second-order valence-electron chi connectivity index (χ2n) is 7.09. The number of para-hydroxylation sites is 1. The lowest BCUT2D eigenvalue weighted by atomic mass is 10.1. The van der Waals surface area contributed by atoms with Crippen LogP contribution in [0.4, 0.5) is 11.4 Å². The number of ether oxygens (including phenoxy) is 3. The average Bonchev–Trinajstić information content (AvgIpc) is 3.13. The van der Waals surface area contributed by atoms with Crippen molar-refractivity contribution in [1.29, 1.82) is 0 Å². The second kappa shape index (κ2) is 8.80. The number of amides is 1. The number of anilines is 1. The number of rotatable bonds is 4. The summed E-state index contributed by atoms with van der Waals surface area (Å²) in [6.45, 7) is 1.05. The number of hydrogen-bond acceptors (Lipinski definition) is 6. The number of hydrogen-bond donors (Lipinski definition) is 0. The minimum Gasteiger partial charge on any atom is -0.497 e. The molecular weight excluding hydrogens is 424 g/mol. The lowest BCUT2D eigenvalue weighted by molar-refractivity contribution is -0.113. The maximum Gasteiger partial charge on any atom is 0.271 e. The third-order valence-corrected chi connectivity index (χ3v) is 5.93. The molecule has 0 bridgehead atoms. The van der Waals surface area contributed by atoms with Gasteiger partial charge in [-0.3, -0.25) is 9.69 Å². The van der Waals surface area contributed by atoms with Crippen LogP contribution in [-0.2, 0) is 4.79 Å². The van der Waals surface area contributed by atoms with Gasteiger partial charge in [0.25, 0.3) is 5.91 Å². The number of amidine groups is 1. The Morgan fingerprint density at radius 2 is 1.78 bits per heavy atom. The minimum absolute atomic E-state index is 0.127. The van der Waals surface area contributed by atoms with E-state index in [0.717, 1.165) is 17.0 Å². The van der Waals surface area contributed by atoms with Crippen molar-refractivity contribution in [2.24, 2.45) is 4.99 Å². The van der Waals surface area contributed by atoms with E-state index in [2.05, 4.69) is 0 Å². The van der Waals surface area contributed by atoms with Gasteiger partial charge in [-0.25, -0.2) is 4.99 Å². The van der Waals surface area contributed by atoms with E-state index in [9.17, 15) is 4.79 Å². The molecular formula is C25H20N2O4S. The number of nitrogens with zero attached hydrogens (tertiary/aromatic N) is 2. The number of methoxy groups -OCH3 is 1. The highest BCUT2D eigenvalue weighted by Crippen LogP contribution is 2.39. The summed E-state index contributed by atoms with van der Waals surface area (Å²) in [5, 5.41) is 0.582. The average molecular weight is 445 g/mol. The van der Waals surface area contributed by atoms with E-state index >= 15 is 0 Å². The Hall–Kier alpha value is -3.71. The molecule has 1 fully saturated rings. The standard InChI is InChI=1S/C25H20N2O4S/c1-29-20-9-5-6-18(16-20)26-25-27(19-7-3-2-4-8-19)24(28)23(32-25)15-17-10-11-21-22(14-17)31-13-12-30-21/h2-11,14-16H,12-13H2,1H3/b23-15-,26-25?. The first-order valence-corrected chi connectivity index (χ1v) is 10.9. The molecule has 160 valence electrons. The van der Waals surface area contributed by atoms with Gasteiger partial charge in [-0.15, -0.1) is 0 Å². The summed E-state index contributed by atoms with van der Waals surface area (Å²) >= 11 is 1.34. The Labute approximate surface area is 190 Å². The third kappa shape index (κ3) is 4.07. The van der Waals surface area contributed by atoms with Crippen molar-refractivity contribution in [3.05, 3.63) is 83.3 Å². The van der Waals surface area contributed by atoms with E-state index < -0.39 is 0 Å². The number of thioether (sulfide) groups is 1. The molecule has 0 atom stereocenters. The minimum atomic E-state index is -0.127. The van der Waals surface area contributed by atoms with Crippen molar-refractivity contribution in [3.63, 3.8) is 0 Å². The maximum absolute atomic E-state index is 13.4. The van der Waals surface area contributed by atoms with Gasteiger partial charge in [0.15, 0.2) is 16.7 Å². The van der Waals surface area contributed by atoms with Crippen molar-refractivity contribution in [3.8, 4) is 17.2 Å². The summed E-state index contributed by atoms with van der Waals surface area (Å²) in [5.74, 6) is 1.98. The molecule has 0 aromatic heterocycles. The fraction of sp³-hybridized carbons (Fsp3) is 0.120. The van der Waals surface area contributed by atoms with Gasteiger partial charge in [0.1, 0.15) is 19.0 Å². The first-order valence-electron chi connectivity index (χ1n) is 10.1. The summed E-state index contributed by atoms with van der Waals surface area (Å²) in [6.07, 6.45) is 1.86. The quantitative estimate of drug-likeness (QED) is 0.513. The molecule has 0 unspecified atom stereocenters. The molecule has 0 spiro atoms. The van der Waals surface area contributed by atoms with E-state index in [1.54, 1.807) is 12.0 Å². The van der Waals surface area contributed by atoms with E-state index in [1.807, 2.05) is 78.9 Å². The Balaban J connectivity index is 1.53. The Morgan fingerprint density at radius 3 is 2.59 bits per heavy atom. The molecule has 3 aromatic carbocycles. The van der Waals surface area contributed by atoms with Crippen LogP contribution >= 0.6 is 11.8 Å². The SMILES string of the molecule is COc1cccc(N=C2S/C(=C\c3ccc4c(c3)OCCO4)C(=O)N2c2ccccc2)c1. The van der Waals surface area contributed by atoms with Crippen molar-refractivity contribution in [2.45, 2.75) is 0 Å². The van der Waals surface area contributed by atoms with Crippen LogP contribution in [-0.4, -0.2) is 31.4 Å². The topological polar surface area (TPSA) is 60.4 Å². The zero-order valence-corrected chi connectivity index (χ0v) is 18.2. The second-order valence-corrected chi connectivity index (χ2v) is 8.09. The number of carbonyl (C=O) groups excluding carboxylic acids is 1. The summed E-state index contributed by atoms with van der Waals surface area (Å²) in [7, 11) is 1.62. The van der Waals surface area contributed by atoms with Gasteiger partial charge in [0.05, 0.1) is 23.4 Å². The molecule has 1 saturated heterocycles.